The van der Waals surface area contributed by atoms with Crippen LogP contribution in [0.1, 0.15) is 44.1 Å². The Morgan fingerprint density at radius 2 is 1.68 bits per heavy atom. The molecule has 3 rings (SSSR count). The van der Waals surface area contributed by atoms with Crippen LogP contribution < -0.4 is 0 Å². The number of piperidine rings is 1. The number of carbonyl (C=O) groups excluding carboxylic acids is 1. The molecule has 2 heterocycles. The van der Waals surface area contributed by atoms with Crippen molar-refractivity contribution in [3.63, 3.8) is 0 Å². The topological polar surface area (TPSA) is 23.6 Å². The van der Waals surface area contributed by atoms with Crippen LogP contribution in [-0.2, 0) is 11.3 Å². The number of rotatable bonds is 3. The molecule has 0 N–H and O–H groups in total. The van der Waals surface area contributed by atoms with Crippen molar-refractivity contribution in [1.82, 2.24) is 9.80 Å². The lowest BCUT2D eigenvalue weighted by Crippen LogP contribution is -2.44. The second kappa shape index (κ2) is 7.77. The highest BCUT2D eigenvalue weighted by atomic mass is 16.2. The molecule has 2 aliphatic heterocycles. The van der Waals surface area contributed by atoms with Gasteiger partial charge in [-0.25, -0.2) is 0 Å². The SMILES string of the molecule is O=C(C1CCCN(Cc2ccccc2)C1)N1CCCCCC1. The van der Waals surface area contributed by atoms with Crippen molar-refractivity contribution in [1.29, 1.82) is 0 Å². The van der Waals surface area contributed by atoms with Gasteiger partial charge in [0.05, 0.1) is 5.92 Å². The van der Waals surface area contributed by atoms with E-state index in [0.717, 1.165) is 45.6 Å². The summed E-state index contributed by atoms with van der Waals surface area (Å²) in [6, 6.07) is 10.6. The first-order valence-electron chi connectivity index (χ1n) is 8.88. The first-order valence-corrected chi connectivity index (χ1v) is 8.88. The molecule has 2 fully saturated rings. The summed E-state index contributed by atoms with van der Waals surface area (Å²) in [6.45, 7) is 5.00. The van der Waals surface area contributed by atoms with Gasteiger partial charge in [-0.3, -0.25) is 9.69 Å². The summed E-state index contributed by atoms with van der Waals surface area (Å²) in [4.78, 5) is 17.4. The zero-order valence-corrected chi connectivity index (χ0v) is 13.5. The van der Waals surface area contributed by atoms with Gasteiger partial charge in [0, 0.05) is 26.2 Å². The number of likely N-dealkylation sites (tertiary alicyclic amines) is 2. The third-order valence-corrected chi connectivity index (χ3v) is 5.02. The van der Waals surface area contributed by atoms with Crippen molar-refractivity contribution in [2.45, 2.75) is 45.1 Å². The molecule has 1 atom stereocenters. The van der Waals surface area contributed by atoms with Crippen LogP contribution in [0.2, 0.25) is 0 Å². The molecule has 1 aromatic carbocycles. The first-order chi connectivity index (χ1) is 10.8. The second-order valence-electron chi connectivity index (χ2n) is 6.80. The smallest absolute Gasteiger partial charge is 0.226 e. The Hall–Kier alpha value is -1.35. The number of benzene rings is 1. The lowest BCUT2D eigenvalue weighted by Gasteiger charge is -2.34. The van der Waals surface area contributed by atoms with Gasteiger partial charge in [0.2, 0.25) is 5.91 Å². The fourth-order valence-electron chi connectivity index (χ4n) is 3.79. The highest BCUT2D eigenvalue weighted by Crippen LogP contribution is 2.22. The molecule has 1 amide bonds. The van der Waals surface area contributed by atoms with E-state index in [1.54, 1.807) is 0 Å². The number of nitrogens with zero attached hydrogens (tertiary/aromatic N) is 2. The van der Waals surface area contributed by atoms with Crippen molar-refractivity contribution in [3.8, 4) is 0 Å². The molecule has 1 aromatic rings. The minimum Gasteiger partial charge on any atom is -0.342 e. The van der Waals surface area contributed by atoms with Crippen molar-refractivity contribution in [2.75, 3.05) is 26.2 Å². The fourth-order valence-corrected chi connectivity index (χ4v) is 3.79. The highest BCUT2D eigenvalue weighted by molar-refractivity contribution is 5.79. The summed E-state index contributed by atoms with van der Waals surface area (Å²) in [7, 11) is 0. The van der Waals surface area contributed by atoms with E-state index in [1.165, 1.54) is 31.2 Å². The van der Waals surface area contributed by atoms with Crippen LogP contribution in [0.5, 0.6) is 0 Å². The summed E-state index contributed by atoms with van der Waals surface area (Å²) in [5.41, 5.74) is 1.35. The summed E-state index contributed by atoms with van der Waals surface area (Å²) in [6.07, 6.45) is 7.17. The van der Waals surface area contributed by atoms with Gasteiger partial charge in [0.25, 0.3) is 0 Å². The summed E-state index contributed by atoms with van der Waals surface area (Å²) >= 11 is 0. The van der Waals surface area contributed by atoms with E-state index in [4.69, 9.17) is 0 Å². The molecule has 0 aromatic heterocycles. The fraction of sp³-hybridized carbons (Fsp3) is 0.632. The molecule has 2 aliphatic rings. The van der Waals surface area contributed by atoms with E-state index in [1.807, 2.05) is 0 Å². The van der Waals surface area contributed by atoms with Crippen LogP contribution in [0, 0.1) is 5.92 Å². The lowest BCUT2D eigenvalue weighted by atomic mass is 9.96. The molecule has 0 radical (unpaired) electrons. The molecule has 120 valence electrons. The van der Waals surface area contributed by atoms with Crippen LogP contribution in [0.3, 0.4) is 0 Å². The van der Waals surface area contributed by atoms with Gasteiger partial charge >= 0.3 is 0 Å². The predicted molar refractivity (Wildman–Crippen MR) is 89.5 cm³/mol. The van der Waals surface area contributed by atoms with Crippen molar-refractivity contribution in [2.24, 2.45) is 5.92 Å². The zero-order chi connectivity index (χ0) is 15.2. The molecule has 0 aliphatic carbocycles. The van der Waals surface area contributed by atoms with Crippen LogP contribution in [0.15, 0.2) is 30.3 Å². The van der Waals surface area contributed by atoms with Crippen molar-refractivity contribution >= 4 is 5.91 Å². The van der Waals surface area contributed by atoms with E-state index >= 15 is 0 Å². The average Bonchev–Trinajstić information content (AvgIpc) is 2.85. The molecule has 3 nitrogen and oxygen atoms in total. The van der Waals surface area contributed by atoms with E-state index in [-0.39, 0.29) is 5.92 Å². The Morgan fingerprint density at radius 3 is 2.41 bits per heavy atom. The van der Waals surface area contributed by atoms with E-state index in [0.29, 0.717) is 5.91 Å². The van der Waals surface area contributed by atoms with E-state index < -0.39 is 0 Å². The van der Waals surface area contributed by atoms with Crippen molar-refractivity contribution < 1.29 is 4.79 Å². The maximum Gasteiger partial charge on any atom is 0.226 e. The quantitative estimate of drug-likeness (QED) is 0.855. The predicted octanol–water partition coefficient (Wildman–Crippen LogP) is 3.30. The molecule has 0 spiro atoms. The van der Waals surface area contributed by atoms with Gasteiger partial charge < -0.3 is 4.90 Å². The number of carbonyl (C=O) groups is 1. The molecule has 0 saturated carbocycles. The van der Waals surface area contributed by atoms with Gasteiger partial charge in [-0.2, -0.15) is 0 Å². The molecule has 22 heavy (non-hydrogen) atoms. The Labute approximate surface area is 134 Å². The second-order valence-corrected chi connectivity index (χ2v) is 6.80. The van der Waals surface area contributed by atoms with E-state index in [9.17, 15) is 4.79 Å². The van der Waals surface area contributed by atoms with Gasteiger partial charge in [-0.15, -0.1) is 0 Å². The minimum absolute atomic E-state index is 0.218. The minimum atomic E-state index is 0.218. The molecule has 1 unspecified atom stereocenters. The molecule has 3 heteroatoms. The first kappa shape index (κ1) is 15.5. The normalized spacial score (nSPS) is 24.0. The average molecular weight is 300 g/mol. The summed E-state index contributed by atoms with van der Waals surface area (Å²) in [5.74, 6) is 0.634. The Balaban J connectivity index is 1.56. The Bertz CT molecular complexity index is 466. The number of hydrogen-bond acceptors (Lipinski definition) is 2. The summed E-state index contributed by atoms with van der Waals surface area (Å²) < 4.78 is 0. The summed E-state index contributed by atoms with van der Waals surface area (Å²) in [5, 5.41) is 0. The zero-order valence-electron chi connectivity index (χ0n) is 13.5. The largest absolute Gasteiger partial charge is 0.342 e. The standard InChI is InChI=1S/C19H28N2O/c22-19(21-13-6-1-2-7-14-21)18-11-8-12-20(16-18)15-17-9-4-3-5-10-17/h3-5,9-10,18H,1-2,6-8,11-16H2. The third kappa shape index (κ3) is 4.10. The number of hydrogen-bond donors (Lipinski definition) is 0. The molecular weight excluding hydrogens is 272 g/mol. The molecule has 0 bridgehead atoms. The van der Waals surface area contributed by atoms with Crippen LogP contribution >= 0.6 is 0 Å². The van der Waals surface area contributed by atoms with Gasteiger partial charge in [-0.1, -0.05) is 43.2 Å². The van der Waals surface area contributed by atoms with Gasteiger partial charge in [-0.05, 0) is 37.8 Å². The lowest BCUT2D eigenvalue weighted by molar-refractivity contribution is -0.137. The Morgan fingerprint density at radius 1 is 0.955 bits per heavy atom. The maximum atomic E-state index is 12.8. The third-order valence-electron chi connectivity index (χ3n) is 5.02. The highest BCUT2D eigenvalue weighted by Gasteiger charge is 2.29. The van der Waals surface area contributed by atoms with Crippen molar-refractivity contribution in [3.05, 3.63) is 35.9 Å². The van der Waals surface area contributed by atoms with Crippen LogP contribution in [0.4, 0.5) is 0 Å². The van der Waals surface area contributed by atoms with Crippen LogP contribution in [0.25, 0.3) is 0 Å². The molecular formula is C19H28N2O. The number of amides is 1. The maximum absolute atomic E-state index is 12.8. The van der Waals surface area contributed by atoms with Gasteiger partial charge in [0.15, 0.2) is 0 Å². The van der Waals surface area contributed by atoms with E-state index in [2.05, 4.69) is 40.1 Å². The molecule has 2 saturated heterocycles. The monoisotopic (exact) mass is 300 g/mol. The Kier molecular flexibility index (Phi) is 5.49. The van der Waals surface area contributed by atoms with Crippen LogP contribution in [-0.4, -0.2) is 41.9 Å². The van der Waals surface area contributed by atoms with Gasteiger partial charge in [0.1, 0.15) is 0 Å².